The molecule has 2 N–H and O–H groups in total. The first-order chi connectivity index (χ1) is 19.6. The summed E-state index contributed by atoms with van der Waals surface area (Å²) in [6, 6.07) is 1.74. The smallest absolute Gasteiger partial charge is 0.312 e. The van der Waals surface area contributed by atoms with Crippen molar-refractivity contribution in [3.63, 3.8) is 0 Å². The fraction of sp³-hybridized carbons (Fsp3) is 0.719. The van der Waals surface area contributed by atoms with E-state index in [0.29, 0.717) is 30.2 Å². The van der Waals surface area contributed by atoms with Crippen LogP contribution in [0.4, 0.5) is 0 Å². The summed E-state index contributed by atoms with van der Waals surface area (Å²) in [7, 11) is -6.45. The maximum absolute atomic E-state index is 13.7. The van der Waals surface area contributed by atoms with Crippen LogP contribution in [0, 0.1) is 23.7 Å². The molecule has 0 aromatic carbocycles. The zero-order valence-corrected chi connectivity index (χ0v) is 29.4. The van der Waals surface area contributed by atoms with Crippen LogP contribution >= 0.6 is 0 Å². The highest BCUT2D eigenvalue weighted by atomic mass is 32.2. The van der Waals surface area contributed by atoms with Crippen molar-refractivity contribution in [3.8, 4) is 0 Å². The highest BCUT2D eigenvalue weighted by Crippen LogP contribution is 2.43. The highest BCUT2D eigenvalue weighted by molar-refractivity contribution is 7.93. The molecular weight excluding hydrogens is 587 g/mol. The average Bonchev–Trinajstić information content (AvgIpc) is 3.22. The van der Waals surface area contributed by atoms with Gasteiger partial charge in [-0.1, -0.05) is 52.2 Å². The molecule has 1 fully saturated rings. The van der Waals surface area contributed by atoms with Gasteiger partial charge in [-0.2, -0.15) is 0 Å². The Morgan fingerprint density at radius 1 is 0.977 bits per heavy atom. The summed E-state index contributed by atoms with van der Waals surface area (Å²) in [4.78, 5) is 12.7. The van der Waals surface area contributed by atoms with Crippen LogP contribution < -0.4 is 9.44 Å². The minimum absolute atomic E-state index is 0.104. The first-order valence-electron chi connectivity index (χ1n) is 15.3. The normalized spacial score (nSPS) is 19.6. The van der Waals surface area contributed by atoms with Gasteiger partial charge in [-0.3, -0.25) is 4.79 Å². The Kier molecular flexibility index (Phi) is 10.6. The monoisotopic (exact) mass is 639 g/mol. The number of carbonyl (C=O) groups excluding carboxylic acids is 1. The number of nitrogens with zero attached hydrogens (tertiary/aromatic N) is 1. The predicted octanol–water partition coefficient (Wildman–Crippen LogP) is 5.92. The molecule has 43 heavy (non-hydrogen) atoms. The van der Waals surface area contributed by atoms with E-state index < -0.39 is 42.4 Å². The molecular formula is C32H53N3O6S2. The van der Waals surface area contributed by atoms with Crippen LogP contribution in [0.2, 0.25) is 0 Å². The van der Waals surface area contributed by atoms with Crippen LogP contribution in [0.25, 0.3) is 0 Å². The quantitative estimate of drug-likeness (QED) is 0.307. The van der Waals surface area contributed by atoms with Gasteiger partial charge in [-0.25, -0.2) is 26.3 Å². The molecule has 2 aliphatic carbocycles. The van der Waals surface area contributed by atoms with E-state index in [1.54, 1.807) is 26.0 Å². The number of nitrogens with one attached hydrogen (secondary N) is 2. The number of rotatable bonds is 10. The van der Waals surface area contributed by atoms with Crippen LogP contribution in [0.15, 0.2) is 33.6 Å². The van der Waals surface area contributed by atoms with E-state index >= 15 is 0 Å². The molecule has 1 unspecified atom stereocenters. The lowest BCUT2D eigenvalue weighted by Crippen LogP contribution is -2.42. The molecule has 0 bridgehead atoms. The zero-order chi connectivity index (χ0) is 32.6. The van der Waals surface area contributed by atoms with Gasteiger partial charge in [-0.15, -0.1) is 0 Å². The minimum atomic E-state index is -3.96. The summed E-state index contributed by atoms with van der Waals surface area (Å²) in [5.41, 5.74) is 0.0729. The van der Waals surface area contributed by atoms with Crippen LogP contribution in [-0.2, 0) is 36.1 Å². The van der Waals surface area contributed by atoms with Crippen molar-refractivity contribution < 1.29 is 26.4 Å². The van der Waals surface area contributed by atoms with Crippen molar-refractivity contribution >= 4 is 26.0 Å². The number of methoxy groups -OCH3 is 1. The number of allylic oxidation sites excluding steroid dienone is 3. The molecule has 244 valence electrons. The number of aromatic nitrogens is 1. The van der Waals surface area contributed by atoms with E-state index in [4.69, 9.17) is 4.74 Å². The third-order valence-corrected chi connectivity index (χ3v) is 11.7. The third kappa shape index (κ3) is 8.61. The van der Waals surface area contributed by atoms with E-state index in [1.807, 2.05) is 54.5 Å². The average molecular weight is 640 g/mol. The summed E-state index contributed by atoms with van der Waals surface area (Å²) < 4.78 is 66.8. The number of hydrogen-bond donors (Lipinski definition) is 2. The Hall–Kier alpha value is -1.95. The Morgan fingerprint density at radius 3 is 2.12 bits per heavy atom. The Labute approximate surface area is 260 Å². The maximum atomic E-state index is 13.7. The lowest BCUT2D eigenvalue weighted by Gasteiger charge is -2.33. The van der Waals surface area contributed by atoms with Crippen molar-refractivity contribution in [1.82, 2.24) is 14.0 Å². The summed E-state index contributed by atoms with van der Waals surface area (Å²) in [5, 5.41) is 0. The molecule has 1 saturated carbocycles. The van der Waals surface area contributed by atoms with E-state index in [2.05, 4.69) is 14.0 Å². The van der Waals surface area contributed by atoms with Gasteiger partial charge in [0, 0.05) is 35.9 Å². The SMILES string of the molecule is COC(=O)C(C)(C)CNS(=O)(=O)c1cc(C2C=C(C(C)(C)C)C(S(=O)(=O)NC(C)(C)C)=CC2)n(CC2CCCCC2)c1C. The van der Waals surface area contributed by atoms with Crippen LogP contribution in [0.5, 0.6) is 0 Å². The van der Waals surface area contributed by atoms with E-state index in [1.165, 1.54) is 13.5 Å². The van der Waals surface area contributed by atoms with Gasteiger partial charge in [0.15, 0.2) is 0 Å². The number of esters is 1. The zero-order valence-electron chi connectivity index (χ0n) is 27.8. The van der Waals surface area contributed by atoms with Gasteiger partial charge in [0.2, 0.25) is 20.0 Å². The van der Waals surface area contributed by atoms with Crippen molar-refractivity contribution in [2.45, 2.75) is 124 Å². The Balaban J connectivity index is 2.10. The number of hydrogen-bond acceptors (Lipinski definition) is 6. The lowest BCUT2D eigenvalue weighted by atomic mass is 9.80. The molecule has 0 radical (unpaired) electrons. The minimum Gasteiger partial charge on any atom is -0.469 e. The van der Waals surface area contributed by atoms with Crippen molar-refractivity contribution in [3.05, 3.63) is 40.1 Å². The van der Waals surface area contributed by atoms with Crippen molar-refractivity contribution in [2.24, 2.45) is 16.7 Å². The Bertz CT molecular complexity index is 1460. The molecule has 1 aromatic heterocycles. The summed E-state index contributed by atoms with van der Waals surface area (Å²) in [6.45, 7) is 17.2. The summed E-state index contributed by atoms with van der Waals surface area (Å²) in [5.74, 6) is -0.263. The van der Waals surface area contributed by atoms with E-state index in [0.717, 1.165) is 31.4 Å². The lowest BCUT2D eigenvalue weighted by molar-refractivity contribution is -0.150. The van der Waals surface area contributed by atoms with Gasteiger partial charge < -0.3 is 9.30 Å². The molecule has 9 nitrogen and oxygen atoms in total. The fourth-order valence-electron chi connectivity index (χ4n) is 6.03. The second kappa shape index (κ2) is 12.8. The first-order valence-corrected chi connectivity index (χ1v) is 18.3. The molecule has 0 saturated heterocycles. The van der Waals surface area contributed by atoms with Crippen LogP contribution in [-0.4, -0.2) is 46.6 Å². The van der Waals surface area contributed by atoms with Crippen molar-refractivity contribution in [1.29, 1.82) is 0 Å². The van der Waals surface area contributed by atoms with E-state index in [-0.39, 0.29) is 22.3 Å². The molecule has 1 heterocycles. The largest absolute Gasteiger partial charge is 0.469 e. The van der Waals surface area contributed by atoms with Crippen molar-refractivity contribution in [2.75, 3.05) is 13.7 Å². The maximum Gasteiger partial charge on any atom is 0.312 e. The molecule has 0 aliphatic heterocycles. The number of sulfonamides is 2. The Morgan fingerprint density at radius 2 is 1.58 bits per heavy atom. The molecule has 1 aromatic rings. The van der Waals surface area contributed by atoms with Gasteiger partial charge in [0.05, 0.1) is 17.4 Å². The van der Waals surface area contributed by atoms with Gasteiger partial charge in [-0.05, 0) is 83.8 Å². The molecule has 0 amide bonds. The summed E-state index contributed by atoms with van der Waals surface area (Å²) in [6.07, 6.45) is 9.98. The highest BCUT2D eigenvalue weighted by Gasteiger charge is 2.37. The number of ether oxygens (including phenoxy) is 1. The standard InChI is InChI=1S/C32H53N3O6S2/c1-22-28(42(37,38)33-21-32(8,9)29(36)41-10)19-26(35(22)20-23-14-12-11-13-15-23)24-16-17-27(25(18-24)30(2,3)4)43(39,40)34-31(5,6)7/h17-19,23-24,33-34H,11-16,20-21H2,1-10H3. The molecule has 2 aliphatic rings. The van der Waals surface area contributed by atoms with Crippen LogP contribution in [0.1, 0.15) is 111 Å². The second-order valence-electron chi connectivity index (χ2n) is 14.9. The summed E-state index contributed by atoms with van der Waals surface area (Å²) >= 11 is 0. The predicted molar refractivity (Wildman–Crippen MR) is 172 cm³/mol. The first kappa shape index (κ1) is 35.5. The van der Waals surface area contributed by atoms with Gasteiger partial charge in [0.25, 0.3) is 0 Å². The molecule has 0 spiro atoms. The second-order valence-corrected chi connectivity index (χ2v) is 18.3. The third-order valence-electron chi connectivity index (χ3n) is 8.36. The molecule has 3 rings (SSSR count). The van der Waals surface area contributed by atoms with Crippen LogP contribution in [0.3, 0.4) is 0 Å². The molecule has 1 atom stereocenters. The van der Waals surface area contributed by atoms with E-state index in [9.17, 15) is 21.6 Å². The fourth-order valence-corrected chi connectivity index (χ4v) is 9.40. The molecule has 11 heteroatoms. The number of carbonyl (C=O) groups is 1. The van der Waals surface area contributed by atoms with Gasteiger partial charge in [0.1, 0.15) is 4.90 Å². The van der Waals surface area contributed by atoms with Gasteiger partial charge >= 0.3 is 5.97 Å². The topological polar surface area (TPSA) is 124 Å².